The summed E-state index contributed by atoms with van der Waals surface area (Å²) < 4.78 is 26.2. The monoisotopic (exact) mass is 309 g/mol. The summed E-state index contributed by atoms with van der Waals surface area (Å²) in [6.45, 7) is 0.923. The van der Waals surface area contributed by atoms with Gasteiger partial charge < -0.3 is 9.64 Å². The lowest BCUT2D eigenvalue weighted by Crippen LogP contribution is -2.32. The van der Waals surface area contributed by atoms with Crippen LogP contribution in [0.1, 0.15) is 6.42 Å². The van der Waals surface area contributed by atoms with Gasteiger partial charge in [-0.15, -0.1) is 10.8 Å². The summed E-state index contributed by atoms with van der Waals surface area (Å²) in [6.07, 6.45) is 4.88. The molecule has 1 atom stereocenters. The molecule has 0 rings (SSSR count). The predicted molar refractivity (Wildman–Crippen MR) is 78.2 cm³/mol. The van der Waals surface area contributed by atoms with Crippen LogP contribution in [-0.2, 0) is 14.3 Å². The Morgan fingerprint density at radius 2 is 2.15 bits per heavy atom. The summed E-state index contributed by atoms with van der Waals surface area (Å²) in [5.41, 5.74) is 0. The fourth-order valence-corrected chi connectivity index (χ4v) is 1.78. The van der Waals surface area contributed by atoms with Crippen LogP contribution < -0.4 is 10.0 Å². The van der Waals surface area contributed by atoms with E-state index < -0.39 is 16.7 Å². The molecule has 118 valence electrons. The van der Waals surface area contributed by atoms with Crippen LogP contribution in [0.3, 0.4) is 0 Å². The minimum Gasteiger partial charge on any atom is -0.380 e. The van der Waals surface area contributed by atoms with Crippen molar-refractivity contribution in [1.29, 1.82) is 0 Å². The molecule has 0 aliphatic carbocycles. The van der Waals surface area contributed by atoms with Gasteiger partial charge in [-0.2, -0.15) is 0 Å². The molecule has 20 heavy (non-hydrogen) atoms. The summed E-state index contributed by atoms with van der Waals surface area (Å²) in [6, 6.07) is 0. The molecule has 0 radical (unpaired) electrons. The maximum atomic E-state index is 11.0. The van der Waals surface area contributed by atoms with E-state index in [2.05, 4.69) is 4.72 Å². The Morgan fingerprint density at radius 1 is 1.50 bits per heavy atom. The Morgan fingerprint density at radius 3 is 2.65 bits per heavy atom. The second-order valence-electron chi connectivity index (χ2n) is 4.25. The van der Waals surface area contributed by atoms with Gasteiger partial charge >= 0.3 is 0 Å². The third-order valence-corrected chi connectivity index (χ3v) is 3.12. The smallest absolute Gasteiger partial charge is 0.251 e. The van der Waals surface area contributed by atoms with Crippen LogP contribution >= 0.6 is 10.8 Å². The van der Waals surface area contributed by atoms with Crippen molar-refractivity contribution in [3.05, 3.63) is 12.3 Å². The zero-order valence-corrected chi connectivity index (χ0v) is 12.7. The first-order valence-electron chi connectivity index (χ1n) is 5.91. The van der Waals surface area contributed by atoms with E-state index in [0.717, 1.165) is 0 Å². The number of imide groups is 1. The molecular weight excluding hydrogens is 286 g/mol. The van der Waals surface area contributed by atoms with E-state index in [1.165, 1.54) is 12.3 Å². The summed E-state index contributed by atoms with van der Waals surface area (Å²) >= 11 is 0. The molecule has 0 bridgehead atoms. The number of rotatable bonds is 10. The minimum atomic E-state index is -2.74. The lowest BCUT2D eigenvalue weighted by Gasteiger charge is -2.30. The maximum Gasteiger partial charge on any atom is 0.251 e. The number of hydrogen-bond acceptors (Lipinski definition) is 7. The van der Waals surface area contributed by atoms with E-state index >= 15 is 0 Å². The molecule has 0 heterocycles. The van der Waals surface area contributed by atoms with Crippen molar-refractivity contribution in [2.24, 2.45) is 0 Å². The van der Waals surface area contributed by atoms with Gasteiger partial charge in [0, 0.05) is 45.8 Å². The summed E-state index contributed by atoms with van der Waals surface area (Å²) in [5, 5.41) is 1.99. The normalized spacial score (nSPS) is 14.1. The van der Waals surface area contributed by atoms with Crippen molar-refractivity contribution in [3.63, 3.8) is 0 Å². The number of nitrogens with zero attached hydrogens (tertiary/aromatic N) is 1. The molecule has 0 spiro atoms. The lowest BCUT2D eigenvalue weighted by atomic mass is 10.2. The number of ether oxygens (including phenoxy) is 1. The molecule has 0 aromatic carbocycles. The fraction of sp³-hybridized carbons (Fsp3) is 0.636. The van der Waals surface area contributed by atoms with Gasteiger partial charge in [-0.1, -0.05) is 0 Å². The molecule has 8 nitrogen and oxygen atoms in total. The maximum absolute atomic E-state index is 11.0. The molecule has 0 fully saturated rings. The molecule has 9 heteroatoms. The lowest BCUT2D eigenvalue weighted by molar-refractivity contribution is -0.121. The van der Waals surface area contributed by atoms with Gasteiger partial charge in [0.25, 0.3) is 5.91 Å². The van der Waals surface area contributed by atoms with Crippen molar-refractivity contribution in [2.75, 3.05) is 33.5 Å². The van der Waals surface area contributed by atoms with Gasteiger partial charge in [0.15, 0.2) is 0 Å². The Labute approximate surface area is 120 Å². The van der Waals surface area contributed by atoms with Crippen molar-refractivity contribution in [2.45, 2.75) is 12.5 Å². The first-order chi connectivity index (χ1) is 9.28. The summed E-state index contributed by atoms with van der Waals surface area (Å²) in [5.74, 6) is -0.489. The second kappa shape index (κ2) is 9.72. The average molecular weight is 309 g/mol. The van der Waals surface area contributed by atoms with E-state index in [9.17, 15) is 18.7 Å². The molecule has 0 aliphatic rings. The number of carbonyl (C=O) groups excluding carboxylic acids is 2. The SMILES string of the molecule is COC(CCN(C)/C=C\C(=O)NC=O)CNS(C)(O)O. The van der Waals surface area contributed by atoms with Crippen molar-refractivity contribution in [1.82, 2.24) is 14.9 Å². The van der Waals surface area contributed by atoms with E-state index in [-0.39, 0.29) is 6.10 Å². The zero-order chi connectivity index (χ0) is 15.6. The highest BCUT2D eigenvalue weighted by molar-refractivity contribution is 8.22. The van der Waals surface area contributed by atoms with E-state index in [1.54, 1.807) is 25.3 Å². The van der Waals surface area contributed by atoms with E-state index in [0.29, 0.717) is 25.9 Å². The van der Waals surface area contributed by atoms with Crippen LogP contribution in [0, 0.1) is 0 Å². The van der Waals surface area contributed by atoms with Crippen LogP contribution in [0.15, 0.2) is 12.3 Å². The van der Waals surface area contributed by atoms with Gasteiger partial charge in [-0.3, -0.25) is 24.0 Å². The van der Waals surface area contributed by atoms with E-state index in [1.807, 2.05) is 5.32 Å². The molecule has 4 N–H and O–H groups in total. The predicted octanol–water partition coefficient (Wildman–Crippen LogP) is -0.00540. The average Bonchev–Trinajstić information content (AvgIpc) is 2.35. The van der Waals surface area contributed by atoms with Crippen molar-refractivity contribution in [3.8, 4) is 0 Å². The highest BCUT2D eigenvalue weighted by Gasteiger charge is 2.11. The first-order valence-corrected chi connectivity index (χ1v) is 7.87. The molecule has 0 aliphatic heterocycles. The number of methoxy groups -OCH3 is 1. The van der Waals surface area contributed by atoms with Crippen LogP contribution in [0.2, 0.25) is 0 Å². The first kappa shape index (κ1) is 18.9. The van der Waals surface area contributed by atoms with Crippen LogP contribution in [0.25, 0.3) is 0 Å². The largest absolute Gasteiger partial charge is 0.380 e. The summed E-state index contributed by atoms with van der Waals surface area (Å²) in [7, 11) is 0.580. The van der Waals surface area contributed by atoms with Crippen molar-refractivity contribution >= 4 is 23.1 Å². The quantitative estimate of drug-likeness (QED) is 0.332. The highest BCUT2D eigenvalue weighted by Crippen LogP contribution is 2.26. The number of nitrogens with one attached hydrogen (secondary N) is 2. The molecule has 0 aromatic rings. The van der Waals surface area contributed by atoms with Crippen LogP contribution in [0.5, 0.6) is 0 Å². The number of hydrogen-bond donors (Lipinski definition) is 4. The highest BCUT2D eigenvalue weighted by atomic mass is 32.3. The molecule has 1 unspecified atom stereocenters. The topological polar surface area (TPSA) is 111 Å². The van der Waals surface area contributed by atoms with Crippen molar-refractivity contribution < 1.29 is 23.4 Å². The third-order valence-electron chi connectivity index (χ3n) is 2.40. The standard InChI is InChI=1S/C11H23N3O5S/c1-14(7-5-11(16)12-9-15)6-4-10(19-2)8-13-20(3,17)18/h5,7,9-10,13,17-18H,4,6,8H2,1-3H3,(H,12,15,16)/b7-5-. The Hall–Kier alpha value is -1.13. The molecule has 0 aromatic heterocycles. The Bertz CT molecular complexity index is 333. The third kappa shape index (κ3) is 10.8. The second-order valence-corrected chi connectivity index (χ2v) is 6.21. The van der Waals surface area contributed by atoms with Gasteiger partial charge in [0.2, 0.25) is 6.41 Å². The Kier molecular flexibility index (Phi) is 9.17. The molecule has 2 amide bonds. The molecule has 0 saturated heterocycles. The molecular formula is C11H23N3O5S. The fourth-order valence-electron chi connectivity index (χ4n) is 1.28. The zero-order valence-electron chi connectivity index (χ0n) is 11.9. The van der Waals surface area contributed by atoms with Gasteiger partial charge in [0.1, 0.15) is 0 Å². The number of amides is 2. The summed E-state index contributed by atoms with van der Waals surface area (Å²) in [4.78, 5) is 22.8. The minimum absolute atomic E-state index is 0.180. The Balaban J connectivity index is 4.04. The van der Waals surface area contributed by atoms with E-state index in [4.69, 9.17) is 4.74 Å². The van der Waals surface area contributed by atoms with Gasteiger partial charge in [-0.25, -0.2) is 4.72 Å². The molecule has 0 saturated carbocycles. The van der Waals surface area contributed by atoms with Crippen LogP contribution in [-0.4, -0.2) is 65.9 Å². The van der Waals surface area contributed by atoms with Gasteiger partial charge in [-0.05, 0) is 6.42 Å². The van der Waals surface area contributed by atoms with Gasteiger partial charge in [0.05, 0.1) is 6.10 Å². The van der Waals surface area contributed by atoms with Crippen LogP contribution in [0.4, 0.5) is 0 Å². The number of carbonyl (C=O) groups is 2.